The highest BCUT2D eigenvalue weighted by Crippen LogP contribution is 2.47. The summed E-state index contributed by atoms with van der Waals surface area (Å²) >= 11 is 0. The molecule has 0 spiro atoms. The van der Waals surface area contributed by atoms with Gasteiger partial charge in [-0.2, -0.15) is 18.3 Å². The number of hydrogen-bond acceptors (Lipinski definition) is 3. The fraction of sp³-hybridized carbons (Fsp3) is 0.750. The second kappa shape index (κ2) is 4.70. The van der Waals surface area contributed by atoms with Crippen LogP contribution in [0.3, 0.4) is 0 Å². The van der Waals surface area contributed by atoms with Gasteiger partial charge in [0.15, 0.2) is 5.75 Å². The lowest BCUT2D eigenvalue weighted by molar-refractivity contribution is -0.202. The summed E-state index contributed by atoms with van der Waals surface area (Å²) in [6.07, 6.45) is -2.53. The minimum Gasteiger partial charge on any atom is -0.493 e. The van der Waals surface area contributed by atoms with Crippen LogP contribution in [0.25, 0.3) is 0 Å². The van der Waals surface area contributed by atoms with Crippen molar-refractivity contribution in [3.8, 4) is 5.75 Å². The molecular formula is C12H17F3N2O2. The molecule has 2 rings (SSSR count). The number of alkyl halides is 3. The van der Waals surface area contributed by atoms with Gasteiger partial charge in [-0.1, -0.05) is 0 Å². The zero-order chi connectivity index (χ0) is 14.3. The van der Waals surface area contributed by atoms with E-state index in [2.05, 4.69) is 5.10 Å². The van der Waals surface area contributed by atoms with Crippen molar-refractivity contribution in [2.45, 2.75) is 37.5 Å². The van der Waals surface area contributed by atoms with Crippen molar-refractivity contribution < 1.29 is 23.0 Å². The molecule has 0 aliphatic heterocycles. The van der Waals surface area contributed by atoms with E-state index in [1.54, 1.807) is 7.05 Å². The van der Waals surface area contributed by atoms with E-state index < -0.39 is 17.7 Å². The Bertz CT molecular complexity index is 458. The van der Waals surface area contributed by atoms with Gasteiger partial charge in [0.1, 0.15) is 11.3 Å². The van der Waals surface area contributed by atoms with E-state index in [9.17, 15) is 18.3 Å². The molecule has 0 saturated heterocycles. The normalized spacial score (nSPS) is 28.4. The van der Waals surface area contributed by atoms with Crippen LogP contribution in [0.4, 0.5) is 13.2 Å². The highest BCUT2D eigenvalue weighted by molar-refractivity contribution is 5.31. The number of aromatic nitrogens is 2. The fourth-order valence-electron chi connectivity index (χ4n) is 2.84. The number of aryl methyl sites for hydroxylation is 1. The second-order valence-electron chi connectivity index (χ2n) is 5.05. The second-order valence-corrected chi connectivity index (χ2v) is 5.05. The standard InChI is InChI=1S/C12H17F3N2O2/c1-17-10(9(19-2)7-16-17)11(18)5-3-4-8(6-11)12(13,14)15/h7-8,18H,3-6H2,1-2H3. The first-order valence-electron chi connectivity index (χ1n) is 6.13. The van der Waals surface area contributed by atoms with Crippen molar-refractivity contribution >= 4 is 0 Å². The zero-order valence-electron chi connectivity index (χ0n) is 10.9. The summed E-state index contributed by atoms with van der Waals surface area (Å²) in [6.45, 7) is 0. The van der Waals surface area contributed by atoms with Crippen molar-refractivity contribution in [2.75, 3.05) is 7.11 Å². The minimum atomic E-state index is -4.28. The monoisotopic (exact) mass is 278 g/mol. The molecule has 1 saturated carbocycles. The van der Waals surface area contributed by atoms with Crippen LogP contribution in [-0.2, 0) is 12.6 Å². The van der Waals surface area contributed by atoms with Crippen molar-refractivity contribution in [3.63, 3.8) is 0 Å². The maximum Gasteiger partial charge on any atom is 0.391 e. The largest absolute Gasteiger partial charge is 0.493 e. The molecule has 1 aromatic rings. The van der Waals surface area contributed by atoms with Crippen LogP contribution in [0.15, 0.2) is 6.20 Å². The molecule has 1 aromatic heterocycles. The topological polar surface area (TPSA) is 47.3 Å². The molecule has 7 heteroatoms. The Morgan fingerprint density at radius 2 is 2.21 bits per heavy atom. The predicted octanol–water partition coefficient (Wildman–Crippen LogP) is 2.37. The van der Waals surface area contributed by atoms with Gasteiger partial charge < -0.3 is 9.84 Å². The zero-order valence-corrected chi connectivity index (χ0v) is 10.9. The molecule has 0 radical (unpaired) electrons. The van der Waals surface area contributed by atoms with Gasteiger partial charge in [-0.05, 0) is 25.7 Å². The number of nitrogens with zero attached hydrogens (tertiary/aromatic N) is 2. The molecule has 1 heterocycles. The van der Waals surface area contributed by atoms with Gasteiger partial charge in [0, 0.05) is 7.05 Å². The molecule has 2 atom stereocenters. The summed E-state index contributed by atoms with van der Waals surface area (Å²) in [4.78, 5) is 0. The molecule has 19 heavy (non-hydrogen) atoms. The number of aliphatic hydroxyl groups is 1. The third-order valence-electron chi connectivity index (χ3n) is 3.76. The molecule has 1 aliphatic carbocycles. The van der Waals surface area contributed by atoms with Gasteiger partial charge in [0.2, 0.25) is 0 Å². The first kappa shape index (κ1) is 14.2. The van der Waals surface area contributed by atoms with Crippen LogP contribution in [0.2, 0.25) is 0 Å². The summed E-state index contributed by atoms with van der Waals surface area (Å²) in [5.74, 6) is -1.15. The van der Waals surface area contributed by atoms with Crippen LogP contribution in [0.5, 0.6) is 5.75 Å². The van der Waals surface area contributed by atoms with Crippen LogP contribution >= 0.6 is 0 Å². The number of methoxy groups -OCH3 is 1. The first-order valence-corrected chi connectivity index (χ1v) is 6.13. The molecule has 2 unspecified atom stereocenters. The smallest absolute Gasteiger partial charge is 0.391 e. The van der Waals surface area contributed by atoms with E-state index in [0.717, 1.165) is 0 Å². The highest BCUT2D eigenvalue weighted by Gasteiger charge is 2.49. The van der Waals surface area contributed by atoms with Crippen molar-refractivity contribution in [2.24, 2.45) is 13.0 Å². The Morgan fingerprint density at radius 3 is 2.79 bits per heavy atom. The van der Waals surface area contributed by atoms with Crippen molar-refractivity contribution in [3.05, 3.63) is 11.9 Å². The summed E-state index contributed by atoms with van der Waals surface area (Å²) in [6, 6.07) is 0. The lowest BCUT2D eigenvalue weighted by atomic mass is 9.76. The van der Waals surface area contributed by atoms with Crippen LogP contribution < -0.4 is 4.74 Å². The van der Waals surface area contributed by atoms with Crippen LogP contribution in [0.1, 0.15) is 31.4 Å². The number of hydrogen-bond donors (Lipinski definition) is 1. The molecule has 1 fully saturated rings. The van der Waals surface area contributed by atoms with E-state index in [1.165, 1.54) is 18.0 Å². The number of halogens is 3. The molecule has 1 N–H and O–H groups in total. The summed E-state index contributed by atoms with van der Waals surface area (Å²) in [5, 5.41) is 14.6. The average molecular weight is 278 g/mol. The maximum atomic E-state index is 12.8. The van der Waals surface area contributed by atoms with Gasteiger partial charge in [0.05, 0.1) is 19.2 Å². The lowest BCUT2D eigenvalue weighted by Gasteiger charge is -2.37. The Kier molecular flexibility index (Phi) is 3.51. The summed E-state index contributed by atoms with van der Waals surface area (Å²) in [5.41, 5.74) is -1.21. The SMILES string of the molecule is COc1cnn(C)c1C1(O)CCCC(C(F)(F)F)C1. The number of ether oxygens (including phenoxy) is 1. The van der Waals surface area contributed by atoms with E-state index in [1.807, 2.05) is 0 Å². The van der Waals surface area contributed by atoms with Crippen molar-refractivity contribution in [1.82, 2.24) is 9.78 Å². The maximum absolute atomic E-state index is 12.8. The van der Waals surface area contributed by atoms with Gasteiger partial charge in [-0.15, -0.1) is 0 Å². The Balaban J connectivity index is 2.34. The molecule has 0 bridgehead atoms. The molecule has 1 aliphatic rings. The van der Waals surface area contributed by atoms with E-state index in [4.69, 9.17) is 4.74 Å². The fourth-order valence-corrected chi connectivity index (χ4v) is 2.84. The van der Waals surface area contributed by atoms with Gasteiger partial charge in [-0.25, -0.2) is 0 Å². The quantitative estimate of drug-likeness (QED) is 0.903. The molecule has 0 aromatic carbocycles. The third kappa shape index (κ3) is 2.56. The average Bonchev–Trinajstić information content (AvgIpc) is 2.70. The highest BCUT2D eigenvalue weighted by atomic mass is 19.4. The molecule has 4 nitrogen and oxygen atoms in total. The predicted molar refractivity (Wildman–Crippen MR) is 61.7 cm³/mol. The van der Waals surface area contributed by atoms with Crippen LogP contribution in [-0.4, -0.2) is 28.2 Å². The van der Waals surface area contributed by atoms with Gasteiger partial charge in [-0.3, -0.25) is 4.68 Å². The van der Waals surface area contributed by atoms with Crippen molar-refractivity contribution in [1.29, 1.82) is 0 Å². The van der Waals surface area contributed by atoms with Gasteiger partial charge in [0.25, 0.3) is 0 Å². The van der Waals surface area contributed by atoms with E-state index in [0.29, 0.717) is 17.9 Å². The Morgan fingerprint density at radius 1 is 1.53 bits per heavy atom. The summed E-state index contributed by atoms with van der Waals surface area (Å²) < 4.78 is 45.0. The molecule has 108 valence electrons. The summed E-state index contributed by atoms with van der Waals surface area (Å²) in [7, 11) is 3.00. The third-order valence-corrected chi connectivity index (χ3v) is 3.76. The Labute approximate surface area is 109 Å². The Hall–Kier alpha value is -1.24. The van der Waals surface area contributed by atoms with Crippen LogP contribution in [0, 0.1) is 5.92 Å². The first-order chi connectivity index (χ1) is 8.78. The lowest BCUT2D eigenvalue weighted by Crippen LogP contribution is -2.39. The molecular weight excluding hydrogens is 261 g/mol. The number of rotatable bonds is 2. The minimum absolute atomic E-state index is 0.0615. The molecule has 0 amide bonds. The van der Waals surface area contributed by atoms with Gasteiger partial charge >= 0.3 is 6.18 Å². The van der Waals surface area contributed by atoms with E-state index in [-0.39, 0.29) is 19.3 Å². The van der Waals surface area contributed by atoms with E-state index >= 15 is 0 Å².